The zero-order valence-corrected chi connectivity index (χ0v) is 18.4. The number of carbonyl (C=O) groups is 1. The topological polar surface area (TPSA) is 75.9 Å². The first kappa shape index (κ1) is 20.1. The molecule has 8 heteroatoms. The number of para-hydroxylation sites is 1. The number of piperidine rings is 1. The molecule has 5 heterocycles. The molecule has 2 aliphatic heterocycles. The summed E-state index contributed by atoms with van der Waals surface area (Å²) >= 11 is 0. The zero-order valence-electron chi connectivity index (χ0n) is 18.4. The van der Waals surface area contributed by atoms with Crippen LogP contribution in [0.1, 0.15) is 34.9 Å². The van der Waals surface area contributed by atoms with Gasteiger partial charge in [-0.2, -0.15) is 0 Å². The fourth-order valence-electron chi connectivity index (χ4n) is 4.94. The molecular weight excluding hydrogens is 416 g/mol. The molecule has 1 amide bonds. The molecule has 33 heavy (non-hydrogen) atoms. The molecule has 4 aromatic rings. The maximum absolute atomic E-state index is 13.4. The largest absolute Gasteiger partial charge is 0.378 e. The van der Waals surface area contributed by atoms with Crippen LogP contribution in [0.2, 0.25) is 0 Å². The summed E-state index contributed by atoms with van der Waals surface area (Å²) in [6.07, 6.45) is 3.97. The Balaban J connectivity index is 1.27. The molecule has 168 valence electrons. The molecule has 0 aliphatic carbocycles. The number of hydrogen-bond acceptors (Lipinski definition) is 6. The van der Waals surface area contributed by atoms with Crippen molar-refractivity contribution in [1.29, 1.82) is 0 Å². The van der Waals surface area contributed by atoms with Crippen molar-refractivity contribution in [3.63, 3.8) is 0 Å². The van der Waals surface area contributed by atoms with E-state index in [1.807, 2.05) is 59.6 Å². The van der Waals surface area contributed by atoms with Crippen molar-refractivity contribution in [2.24, 2.45) is 0 Å². The highest BCUT2D eigenvalue weighted by Crippen LogP contribution is 2.31. The minimum absolute atomic E-state index is 0.0583. The van der Waals surface area contributed by atoms with Gasteiger partial charge in [-0.3, -0.25) is 9.20 Å². The zero-order chi connectivity index (χ0) is 22.2. The second-order valence-electron chi connectivity index (χ2n) is 8.70. The Morgan fingerprint density at radius 2 is 1.73 bits per heavy atom. The standard InChI is InChI=1S/C25H26N6O2/c32-25(30-13-15-33-16-14-30)20-17-23(26-21-6-2-1-5-19(20)21)29-11-8-18(9-12-29)24-28-27-22-7-3-4-10-31(22)24/h1-7,10,17-18H,8-9,11-16H2. The number of nitrogens with zero attached hydrogens (tertiary/aromatic N) is 6. The molecule has 0 radical (unpaired) electrons. The van der Waals surface area contributed by atoms with E-state index in [0.29, 0.717) is 32.2 Å². The van der Waals surface area contributed by atoms with Crippen LogP contribution >= 0.6 is 0 Å². The summed E-state index contributed by atoms with van der Waals surface area (Å²) in [6, 6.07) is 15.9. The number of rotatable bonds is 3. The lowest BCUT2D eigenvalue weighted by Gasteiger charge is -2.33. The van der Waals surface area contributed by atoms with Crippen molar-refractivity contribution in [1.82, 2.24) is 24.5 Å². The van der Waals surface area contributed by atoms with Crippen LogP contribution in [0.5, 0.6) is 0 Å². The number of hydrogen-bond donors (Lipinski definition) is 0. The number of benzene rings is 1. The molecule has 8 nitrogen and oxygen atoms in total. The van der Waals surface area contributed by atoms with Gasteiger partial charge in [-0.1, -0.05) is 24.3 Å². The third kappa shape index (κ3) is 3.70. The van der Waals surface area contributed by atoms with Crippen molar-refractivity contribution in [2.45, 2.75) is 18.8 Å². The average molecular weight is 443 g/mol. The summed E-state index contributed by atoms with van der Waals surface area (Å²) in [7, 11) is 0. The third-order valence-electron chi connectivity index (χ3n) is 6.76. The van der Waals surface area contributed by atoms with E-state index in [4.69, 9.17) is 9.72 Å². The van der Waals surface area contributed by atoms with Crippen LogP contribution < -0.4 is 4.90 Å². The van der Waals surface area contributed by atoms with Gasteiger partial charge in [-0.25, -0.2) is 4.98 Å². The normalized spacial score (nSPS) is 17.7. The molecule has 0 spiro atoms. The molecule has 0 unspecified atom stereocenters. The van der Waals surface area contributed by atoms with Gasteiger partial charge in [0.25, 0.3) is 5.91 Å². The van der Waals surface area contributed by atoms with Gasteiger partial charge >= 0.3 is 0 Å². The van der Waals surface area contributed by atoms with Gasteiger partial charge in [-0.05, 0) is 37.1 Å². The number of pyridine rings is 2. The van der Waals surface area contributed by atoms with Gasteiger partial charge < -0.3 is 14.5 Å². The highest BCUT2D eigenvalue weighted by molar-refractivity contribution is 6.07. The molecule has 2 saturated heterocycles. The van der Waals surface area contributed by atoms with E-state index < -0.39 is 0 Å². The lowest BCUT2D eigenvalue weighted by molar-refractivity contribution is 0.0304. The van der Waals surface area contributed by atoms with E-state index in [0.717, 1.165) is 59.7 Å². The van der Waals surface area contributed by atoms with Gasteiger partial charge in [0.1, 0.15) is 11.6 Å². The summed E-state index contributed by atoms with van der Waals surface area (Å²) in [5, 5.41) is 9.69. The van der Waals surface area contributed by atoms with Gasteiger partial charge in [0, 0.05) is 43.7 Å². The first-order valence-corrected chi connectivity index (χ1v) is 11.6. The van der Waals surface area contributed by atoms with Crippen molar-refractivity contribution in [3.8, 4) is 0 Å². The summed E-state index contributed by atoms with van der Waals surface area (Å²) in [4.78, 5) is 22.5. The van der Waals surface area contributed by atoms with Gasteiger partial charge in [-0.15, -0.1) is 10.2 Å². The van der Waals surface area contributed by atoms with E-state index in [-0.39, 0.29) is 5.91 Å². The van der Waals surface area contributed by atoms with Gasteiger partial charge in [0.15, 0.2) is 5.65 Å². The van der Waals surface area contributed by atoms with Crippen LogP contribution in [0.15, 0.2) is 54.7 Å². The Bertz CT molecular complexity index is 1300. The van der Waals surface area contributed by atoms with Crippen molar-refractivity contribution in [2.75, 3.05) is 44.3 Å². The number of carbonyl (C=O) groups excluding carboxylic acids is 1. The third-order valence-corrected chi connectivity index (χ3v) is 6.76. The number of aromatic nitrogens is 4. The fourth-order valence-corrected chi connectivity index (χ4v) is 4.94. The van der Waals surface area contributed by atoms with Gasteiger partial charge in [0.2, 0.25) is 0 Å². The minimum atomic E-state index is 0.0583. The lowest BCUT2D eigenvalue weighted by Crippen LogP contribution is -2.41. The van der Waals surface area contributed by atoms with Crippen LogP contribution in [0.4, 0.5) is 5.82 Å². The van der Waals surface area contributed by atoms with E-state index in [9.17, 15) is 4.79 Å². The van der Waals surface area contributed by atoms with Crippen molar-refractivity contribution >= 4 is 28.3 Å². The number of amides is 1. The number of morpholine rings is 1. The number of anilines is 1. The van der Waals surface area contributed by atoms with Crippen LogP contribution in [-0.4, -0.2) is 69.8 Å². The minimum Gasteiger partial charge on any atom is -0.378 e. The quantitative estimate of drug-likeness (QED) is 0.485. The van der Waals surface area contributed by atoms with E-state index in [2.05, 4.69) is 19.5 Å². The van der Waals surface area contributed by atoms with Crippen LogP contribution in [-0.2, 0) is 4.74 Å². The van der Waals surface area contributed by atoms with Gasteiger partial charge in [0.05, 0.1) is 24.3 Å². The van der Waals surface area contributed by atoms with E-state index in [1.165, 1.54) is 0 Å². The Morgan fingerprint density at radius 3 is 2.58 bits per heavy atom. The Morgan fingerprint density at radius 1 is 0.939 bits per heavy atom. The molecule has 0 atom stereocenters. The van der Waals surface area contributed by atoms with Crippen molar-refractivity contribution < 1.29 is 9.53 Å². The highest BCUT2D eigenvalue weighted by atomic mass is 16.5. The molecule has 0 bridgehead atoms. The average Bonchev–Trinajstić information content (AvgIpc) is 3.32. The van der Waals surface area contributed by atoms with Crippen LogP contribution in [0, 0.1) is 0 Å². The summed E-state index contributed by atoms with van der Waals surface area (Å²) in [6.45, 7) is 4.16. The first-order chi connectivity index (χ1) is 16.3. The second kappa shape index (κ2) is 8.44. The molecule has 2 fully saturated rings. The first-order valence-electron chi connectivity index (χ1n) is 11.6. The SMILES string of the molecule is O=C(c1cc(N2CCC(c3nnc4ccccn34)CC2)nc2ccccc12)N1CCOCC1. The van der Waals surface area contributed by atoms with Crippen LogP contribution in [0.3, 0.4) is 0 Å². The monoisotopic (exact) mass is 442 g/mol. The highest BCUT2D eigenvalue weighted by Gasteiger charge is 2.27. The molecule has 3 aromatic heterocycles. The number of ether oxygens (including phenoxy) is 1. The Kier molecular flexibility index (Phi) is 5.14. The molecule has 0 N–H and O–H groups in total. The van der Waals surface area contributed by atoms with E-state index in [1.54, 1.807) is 0 Å². The fraction of sp³-hybridized carbons (Fsp3) is 0.360. The van der Waals surface area contributed by atoms with E-state index >= 15 is 0 Å². The van der Waals surface area contributed by atoms with Crippen LogP contribution in [0.25, 0.3) is 16.6 Å². The molecule has 2 aliphatic rings. The number of fused-ring (bicyclic) bond motifs is 2. The van der Waals surface area contributed by atoms with Crippen molar-refractivity contribution in [3.05, 3.63) is 66.1 Å². The summed E-state index contributed by atoms with van der Waals surface area (Å²) in [5.41, 5.74) is 2.47. The molecule has 0 saturated carbocycles. The Labute approximate surface area is 191 Å². The maximum Gasteiger partial charge on any atom is 0.254 e. The Hall–Kier alpha value is -3.52. The summed E-state index contributed by atoms with van der Waals surface area (Å²) in [5.74, 6) is 2.31. The second-order valence-corrected chi connectivity index (χ2v) is 8.70. The predicted octanol–water partition coefficient (Wildman–Crippen LogP) is 3.13. The maximum atomic E-state index is 13.4. The summed E-state index contributed by atoms with van der Waals surface area (Å²) < 4.78 is 7.52. The molecular formula is C25H26N6O2. The smallest absolute Gasteiger partial charge is 0.254 e. The molecule has 1 aromatic carbocycles. The predicted molar refractivity (Wildman–Crippen MR) is 126 cm³/mol. The molecule has 6 rings (SSSR count). The lowest BCUT2D eigenvalue weighted by atomic mass is 9.95.